The molecule has 1 heterocycles. The average molecular weight is 288 g/mol. The van der Waals surface area contributed by atoms with Crippen molar-refractivity contribution in [1.29, 1.82) is 0 Å². The van der Waals surface area contributed by atoms with Crippen LogP contribution in [0.25, 0.3) is 0 Å². The fourth-order valence-corrected chi connectivity index (χ4v) is 2.23. The van der Waals surface area contributed by atoms with Gasteiger partial charge in [-0.15, -0.1) is 0 Å². The van der Waals surface area contributed by atoms with Gasteiger partial charge >= 0.3 is 0 Å². The van der Waals surface area contributed by atoms with Crippen molar-refractivity contribution in [3.63, 3.8) is 0 Å². The van der Waals surface area contributed by atoms with Gasteiger partial charge in [-0.3, -0.25) is 9.59 Å². The Morgan fingerprint density at radius 1 is 0.950 bits per heavy atom. The van der Waals surface area contributed by atoms with Gasteiger partial charge in [0.2, 0.25) is 0 Å². The number of imide groups is 1. The minimum atomic E-state index is -0.340. The molecule has 3 rings (SSSR count). The quantitative estimate of drug-likeness (QED) is 0.815. The van der Waals surface area contributed by atoms with E-state index < -0.39 is 0 Å². The molecule has 0 unspecified atom stereocenters. The number of carbonyl (C=O) groups is 2. The summed E-state index contributed by atoms with van der Waals surface area (Å²) < 4.78 is 5.44. The number of rotatable bonds is 3. The van der Waals surface area contributed by atoms with Crippen LogP contribution in [0.5, 0.6) is 5.75 Å². The van der Waals surface area contributed by atoms with Gasteiger partial charge in [0.25, 0.3) is 11.8 Å². The number of halogens is 1. The lowest BCUT2D eigenvalue weighted by Crippen LogP contribution is -2.33. The number of carbonyl (C=O) groups excluding carboxylic acids is 2. The van der Waals surface area contributed by atoms with Crippen LogP contribution in [-0.2, 0) is 0 Å². The Labute approximate surface area is 120 Å². The highest BCUT2D eigenvalue weighted by molar-refractivity contribution is 6.30. The van der Waals surface area contributed by atoms with E-state index >= 15 is 0 Å². The first-order valence-electron chi connectivity index (χ1n) is 6.00. The zero-order chi connectivity index (χ0) is 14.1. The molecule has 0 aromatic heterocycles. The number of amides is 2. The van der Waals surface area contributed by atoms with Gasteiger partial charge in [0.15, 0.2) is 6.73 Å². The van der Waals surface area contributed by atoms with Crippen LogP contribution < -0.4 is 4.74 Å². The first kappa shape index (κ1) is 12.7. The summed E-state index contributed by atoms with van der Waals surface area (Å²) in [6.07, 6.45) is 0. The van der Waals surface area contributed by atoms with E-state index in [0.29, 0.717) is 21.9 Å². The minimum Gasteiger partial charge on any atom is -0.472 e. The van der Waals surface area contributed by atoms with Gasteiger partial charge in [-0.2, -0.15) is 0 Å². The number of ether oxygens (including phenoxy) is 1. The first-order chi connectivity index (χ1) is 9.66. The summed E-state index contributed by atoms with van der Waals surface area (Å²) in [7, 11) is 0. The van der Waals surface area contributed by atoms with Gasteiger partial charge in [0.1, 0.15) is 5.75 Å². The van der Waals surface area contributed by atoms with Gasteiger partial charge in [-0.1, -0.05) is 29.8 Å². The molecule has 5 heteroatoms. The number of hydrogen-bond donors (Lipinski definition) is 0. The first-order valence-corrected chi connectivity index (χ1v) is 6.38. The van der Waals surface area contributed by atoms with Crippen molar-refractivity contribution < 1.29 is 14.3 Å². The Morgan fingerprint density at radius 3 is 2.20 bits per heavy atom. The van der Waals surface area contributed by atoms with Gasteiger partial charge in [-0.25, -0.2) is 4.90 Å². The molecule has 0 saturated heterocycles. The smallest absolute Gasteiger partial charge is 0.264 e. The number of nitrogens with zero attached hydrogens (tertiary/aromatic N) is 1. The Hall–Kier alpha value is -2.33. The number of hydrogen-bond acceptors (Lipinski definition) is 3. The summed E-state index contributed by atoms with van der Waals surface area (Å²) in [5, 5.41) is 0.532. The van der Waals surface area contributed by atoms with Crippen molar-refractivity contribution in [3.05, 3.63) is 64.7 Å². The highest BCUT2D eigenvalue weighted by Gasteiger charge is 2.35. The lowest BCUT2D eigenvalue weighted by Gasteiger charge is -2.14. The van der Waals surface area contributed by atoms with Crippen LogP contribution in [0.1, 0.15) is 20.7 Å². The molecule has 1 aliphatic rings. The Bertz CT molecular complexity index is 664. The van der Waals surface area contributed by atoms with Crippen LogP contribution in [0.15, 0.2) is 48.5 Å². The standard InChI is InChI=1S/C15H10ClNO3/c16-10-4-3-5-11(8-10)20-9-17-14(18)12-6-1-2-7-13(12)15(17)19/h1-8H,9H2. The molecule has 0 N–H and O–H groups in total. The monoisotopic (exact) mass is 287 g/mol. The predicted octanol–water partition coefficient (Wildman–Crippen LogP) is 2.97. The summed E-state index contributed by atoms with van der Waals surface area (Å²) in [6, 6.07) is 13.5. The van der Waals surface area contributed by atoms with E-state index in [9.17, 15) is 9.59 Å². The lowest BCUT2D eigenvalue weighted by atomic mass is 10.1. The molecule has 100 valence electrons. The fourth-order valence-electron chi connectivity index (χ4n) is 2.05. The average Bonchev–Trinajstić information content (AvgIpc) is 2.70. The van der Waals surface area contributed by atoms with Crippen molar-refractivity contribution in [1.82, 2.24) is 4.90 Å². The lowest BCUT2D eigenvalue weighted by molar-refractivity contribution is 0.0522. The van der Waals surface area contributed by atoms with Crippen molar-refractivity contribution in [2.75, 3.05) is 6.73 Å². The zero-order valence-electron chi connectivity index (χ0n) is 10.4. The van der Waals surface area contributed by atoms with Crippen LogP contribution >= 0.6 is 11.6 Å². The molecule has 0 aliphatic carbocycles. The van der Waals surface area contributed by atoms with E-state index in [-0.39, 0.29) is 18.5 Å². The van der Waals surface area contributed by atoms with Crippen LogP contribution in [0.4, 0.5) is 0 Å². The molecular weight excluding hydrogens is 278 g/mol. The van der Waals surface area contributed by atoms with Gasteiger partial charge < -0.3 is 4.74 Å². The largest absolute Gasteiger partial charge is 0.472 e. The van der Waals surface area contributed by atoms with E-state index in [0.717, 1.165) is 4.90 Å². The third kappa shape index (κ3) is 2.14. The summed E-state index contributed by atoms with van der Waals surface area (Å²) in [5.41, 5.74) is 0.819. The molecule has 2 aromatic carbocycles. The third-order valence-corrected chi connectivity index (χ3v) is 3.27. The van der Waals surface area contributed by atoms with Gasteiger partial charge in [0.05, 0.1) is 11.1 Å². The van der Waals surface area contributed by atoms with Crippen molar-refractivity contribution in [2.45, 2.75) is 0 Å². The van der Waals surface area contributed by atoms with E-state index in [1.165, 1.54) is 0 Å². The van der Waals surface area contributed by atoms with Crippen LogP contribution in [-0.4, -0.2) is 23.4 Å². The second kappa shape index (κ2) is 4.98. The molecule has 0 bridgehead atoms. The maximum atomic E-state index is 12.1. The highest BCUT2D eigenvalue weighted by atomic mass is 35.5. The molecule has 1 aliphatic heterocycles. The molecule has 0 spiro atoms. The fraction of sp³-hybridized carbons (Fsp3) is 0.0667. The van der Waals surface area contributed by atoms with Crippen molar-refractivity contribution in [2.24, 2.45) is 0 Å². The van der Waals surface area contributed by atoms with Crippen LogP contribution in [0.3, 0.4) is 0 Å². The second-order valence-electron chi connectivity index (χ2n) is 4.31. The molecule has 2 aromatic rings. The highest BCUT2D eigenvalue weighted by Crippen LogP contribution is 2.23. The minimum absolute atomic E-state index is 0.132. The van der Waals surface area contributed by atoms with Crippen molar-refractivity contribution in [3.8, 4) is 5.75 Å². The summed E-state index contributed by atoms with van der Waals surface area (Å²) in [4.78, 5) is 25.3. The van der Waals surface area contributed by atoms with Crippen LogP contribution in [0, 0.1) is 0 Å². The molecule has 0 saturated carbocycles. The van der Waals surface area contributed by atoms with Gasteiger partial charge in [-0.05, 0) is 30.3 Å². The summed E-state index contributed by atoms with van der Waals surface area (Å²) >= 11 is 5.84. The number of benzene rings is 2. The predicted molar refractivity (Wildman–Crippen MR) is 73.9 cm³/mol. The summed E-state index contributed by atoms with van der Waals surface area (Å²) in [5.74, 6) is -0.172. The Morgan fingerprint density at radius 2 is 1.60 bits per heavy atom. The van der Waals surface area contributed by atoms with E-state index in [2.05, 4.69) is 0 Å². The normalized spacial score (nSPS) is 13.6. The molecule has 0 radical (unpaired) electrons. The van der Waals surface area contributed by atoms with E-state index in [1.807, 2.05) is 0 Å². The Balaban J connectivity index is 1.77. The summed E-state index contributed by atoms with van der Waals surface area (Å²) in [6.45, 7) is -0.132. The molecule has 4 nitrogen and oxygen atoms in total. The zero-order valence-corrected chi connectivity index (χ0v) is 11.1. The SMILES string of the molecule is O=C1c2ccccc2C(=O)N1COc1cccc(Cl)c1. The van der Waals surface area contributed by atoms with E-state index in [4.69, 9.17) is 16.3 Å². The molecule has 0 fully saturated rings. The maximum Gasteiger partial charge on any atom is 0.264 e. The Kier molecular flexibility index (Phi) is 3.16. The van der Waals surface area contributed by atoms with Gasteiger partial charge in [0, 0.05) is 5.02 Å². The molecule has 2 amide bonds. The topological polar surface area (TPSA) is 46.6 Å². The molecule has 20 heavy (non-hydrogen) atoms. The maximum absolute atomic E-state index is 12.1. The van der Waals surface area contributed by atoms with E-state index in [1.54, 1.807) is 48.5 Å². The van der Waals surface area contributed by atoms with Crippen molar-refractivity contribution >= 4 is 23.4 Å². The molecular formula is C15H10ClNO3. The number of fused-ring (bicyclic) bond motifs is 1. The third-order valence-electron chi connectivity index (χ3n) is 3.03. The second-order valence-corrected chi connectivity index (χ2v) is 4.75. The van der Waals surface area contributed by atoms with Crippen LogP contribution in [0.2, 0.25) is 5.02 Å². The molecule has 0 atom stereocenters.